The number of aromatic nitrogens is 2. The number of aryl methyl sites for hydroxylation is 1. The normalized spacial score (nSPS) is 19.2. The molecule has 1 aliphatic rings. The third-order valence-corrected chi connectivity index (χ3v) is 4.49. The van der Waals surface area contributed by atoms with Crippen LogP contribution >= 0.6 is 0 Å². The highest BCUT2D eigenvalue weighted by Gasteiger charge is 2.27. The first-order chi connectivity index (χ1) is 13.0. The Balaban J connectivity index is 1.74. The van der Waals surface area contributed by atoms with Gasteiger partial charge < -0.3 is 15.2 Å². The van der Waals surface area contributed by atoms with Crippen LogP contribution in [0.3, 0.4) is 0 Å². The van der Waals surface area contributed by atoms with E-state index in [1.54, 1.807) is 12.1 Å². The first-order valence-corrected chi connectivity index (χ1v) is 8.97. The zero-order chi connectivity index (χ0) is 19.4. The van der Waals surface area contributed by atoms with Gasteiger partial charge >= 0.3 is 5.69 Å². The van der Waals surface area contributed by atoms with Gasteiger partial charge in [-0.15, -0.1) is 0 Å². The number of carbonyl (C=O) groups excluding carboxylic acids is 1. The van der Waals surface area contributed by atoms with Gasteiger partial charge in [-0.1, -0.05) is 25.5 Å². The zero-order valence-electron chi connectivity index (χ0n) is 15.0. The number of nitrogens with zero attached hydrogens (tertiary/aromatic N) is 2. The molecule has 2 heterocycles. The fraction of sp³-hybridized carbons (Fsp3) is 0.421. The molecule has 144 valence electrons. The fourth-order valence-corrected chi connectivity index (χ4v) is 3.06. The van der Waals surface area contributed by atoms with Crippen LogP contribution in [0.1, 0.15) is 48.3 Å². The van der Waals surface area contributed by atoms with Gasteiger partial charge in [-0.2, -0.15) is 4.98 Å². The highest BCUT2D eigenvalue weighted by molar-refractivity contribution is 6.03. The Morgan fingerprint density at radius 1 is 1.37 bits per heavy atom. The van der Waals surface area contributed by atoms with Crippen molar-refractivity contribution < 1.29 is 19.0 Å². The zero-order valence-corrected chi connectivity index (χ0v) is 15.0. The van der Waals surface area contributed by atoms with E-state index in [0.29, 0.717) is 18.4 Å². The van der Waals surface area contributed by atoms with Crippen LogP contribution in [0.2, 0.25) is 0 Å². The molecule has 1 fully saturated rings. The van der Waals surface area contributed by atoms with Gasteiger partial charge in [0.1, 0.15) is 6.23 Å². The second-order valence-electron chi connectivity index (χ2n) is 6.50. The van der Waals surface area contributed by atoms with E-state index in [2.05, 4.69) is 17.2 Å². The molecule has 3 rings (SSSR count). The SMILES string of the molecule is CCCc1ccc(C(=O)Nc2nc(=O)n([C@H]3CC[C@@H](CO)O3)cc2F)cc1. The largest absolute Gasteiger partial charge is 0.394 e. The van der Waals surface area contributed by atoms with Crippen LogP contribution in [0.4, 0.5) is 10.2 Å². The monoisotopic (exact) mass is 375 g/mol. The number of carbonyl (C=O) groups is 1. The molecule has 0 radical (unpaired) electrons. The number of rotatable bonds is 6. The van der Waals surface area contributed by atoms with E-state index in [1.165, 1.54) is 0 Å². The molecule has 27 heavy (non-hydrogen) atoms. The summed E-state index contributed by atoms with van der Waals surface area (Å²) in [5, 5.41) is 11.4. The molecule has 1 aliphatic heterocycles. The average Bonchev–Trinajstić information content (AvgIpc) is 3.14. The number of ether oxygens (including phenoxy) is 1. The summed E-state index contributed by atoms with van der Waals surface area (Å²) in [7, 11) is 0. The molecule has 7 nitrogen and oxygen atoms in total. The second-order valence-corrected chi connectivity index (χ2v) is 6.50. The van der Waals surface area contributed by atoms with Crippen molar-refractivity contribution in [2.24, 2.45) is 0 Å². The van der Waals surface area contributed by atoms with E-state index in [0.717, 1.165) is 29.2 Å². The molecule has 0 aliphatic carbocycles. The topological polar surface area (TPSA) is 93.5 Å². The summed E-state index contributed by atoms with van der Waals surface area (Å²) in [6.45, 7) is 1.91. The number of benzene rings is 1. The summed E-state index contributed by atoms with van der Waals surface area (Å²) in [6, 6.07) is 6.99. The first-order valence-electron chi connectivity index (χ1n) is 8.97. The van der Waals surface area contributed by atoms with Crippen molar-refractivity contribution >= 4 is 11.7 Å². The van der Waals surface area contributed by atoms with Crippen molar-refractivity contribution in [3.8, 4) is 0 Å². The van der Waals surface area contributed by atoms with E-state index in [9.17, 15) is 14.0 Å². The third kappa shape index (κ3) is 4.40. The van der Waals surface area contributed by atoms with Crippen molar-refractivity contribution in [1.82, 2.24) is 9.55 Å². The summed E-state index contributed by atoms with van der Waals surface area (Å²) in [5.41, 5.74) is 0.734. The number of aliphatic hydroxyl groups is 1. The molecule has 8 heteroatoms. The van der Waals surface area contributed by atoms with E-state index >= 15 is 0 Å². The van der Waals surface area contributed by atoms with E-state index < -0.39 is 29.5 Å². The summed E-state index contributed by atoms with van der Waals surface area (Å²) >= 11 is 0. The lowest BCUT2D eigenvalue weighted by atomic mass is 10.1. The number of aliphatic hydroxyl groups excluding tert-OH is 1. The molecule has 1 aromatic heterocycles. The molecular formula is C19H22FN3O4. The number of hydrogen-bond donors (Lipinski definition) is 2. The van der Waals surface area contributed by atoms with E-state index in [-0.39, 0.29) is 12.7 Å². The van der Waals surface area contributed by atoms with Crippen molar-refractivity contribution in [3.63, 3.8) is 0 Å². The third-order valence-electron chi connectivity index (χ3n) is 4.49. The minimum atomic E-state index is -0.832. The molecule has 0 unspecified atom stereocenters. The summed E-state index contributed by atoms with van der Waals surface area (Å²) in [5.74, 6) is -1.80. The molecule has 0 bridgehead atoms. The second kappa shape index (κ2) is 8.41. The van der Waals surface area contributed by atoms with Gasteiger partial charge in [0.15, 0.2) is 11.6 Å². The van der Waals surface area contributed by atoms with Crippen LogP contribution in [0.25, 0.3) is 0 Å². The van der Waals surface area contributed by atoms with Gasteiger partial charge in [0.25, 0.3) is 5.91 Å². The predicted molar refractivity (Wildman–Crippen MR) is 97.1 cm³/mol. The van der Waals surface area contributed by atoms with Crippen molar-refractivity contribution in [2.45, 2.75) is 44.9 Å². The number of halogens is 1. The molecular weight excluding hydrogens is 353 g/mol. The molecule has 1 aromatic carbocycles. The molecule has 0 spiro atoms. The van der Waals surface area contributed by atoms with Crippen LogP contribution in [0.15, 0.2) is 35.3 Å². The van der Waals surface area contributed by atoms with Gasteiger partial charge in [-0.25, -0.2) is 9.18 Å². The highest BCUT2D eigenvalue weighted by Crippen LogP contribution is 2.27. The van der Waals surface area contributed by atoms with E-state index in [1.807, 2.05) is 12.1 Å². The van der Waals surface area contributed by atoms with Crippen molar-refractivity contribution in [3.05, 3.63) is 57.9 Å². The quantitative estimate of drug-likeness (QED) is 0.808. The molecule has 1 amide bonds. The lowest BCUT2D eigenvalue weighted by Gasteiger charge is -2.15. The summed E-state index contributed by atoms with van der Waals surface area (Å²) in [6.07, 6.45) is 2.88. The van der Waals surface area contributed by atoms with Gasteiger partial charge in [0.05, 0.1) is 18.9 Å². The summed E-state index contributed by atoms with van der Waals surface area (Å²) in [4.78, 5) is 28.1. The number of nitrogens with one attached hydrogen (secondary N) is 1. The first kappa shape index (κ1) is 19.2. The molecule has 0 saturated carbocycles. The Morgan fingerprint density at radius 3 is 2.74 bits per heavy atom. The van der Waals surface area contributed by atoms with Crippen molar-refractivity contribution in [1.29, 1.82) is 0 Å². The lowest BCUT2D eigenvalue weighted by Crippen LogP contribution is -2.30. The van der Waals surface area contributed by atoms with Gasteiger partial charge in [-0.05, 0) is 37.0 Å². The average molecular weight is 375 g/mol. The molecule has 2 N–H and O–H groups in total. The van der Waals surface area contributed by atoms with Crippen LogP contribution in [-0.4, -0.2) is 33.3 Å². The van der Waals surface area contributed by atoms with E-state index in [4.69, 9.17) is 9.84 Å². The van der Waals surface area contributed by atoms with Gasteiger partial charge in [-0.3, -0.25) is 9.36 Å². The standard InChI is InChI=1S/C19H22FN3O4/c1-2-3-12-4-6-13(7-5-12)18(25)21-17-15(20)10-23(19(26)22-17)16-9-8-14(11-24)27-16/h4-7,10,14,16,24H,2-3,8-9,11H2,1H3,(H,21,22,25,26)/t14-,16+/m0/s1. The smallest absolute Gasteiger partial charge is 0.351 e. The van der Waals surface area contributed by atoms with Gasteiger partial charge in [0, 0.05) is 5.56 Å². The lowest BCUT2D eigenvalue weighted by molar-refractivity contribution is -0.0249. The Labute approximate surface area is 155 Å². The molecule has 2 atom stereocenters. The Morgan fingerprint density at radius 2 is 2.11 bits per heavy atom. The van der Waals surface area contributed by atoms with Crippen LogP contribution in [-0.2, 0) is 11.2 Å². The number of anilines is 1. The molecule has 2 aromatic rings. The Bertz CT molecular complexity index is 866. The Hall–Kier alpha value is -2.58. The maximum absolute atomic E-state index is 14.4. The Kier molecular flexibility index (Phi) is 5.98. The van der Waals surface area contributed by atoms with Crippen LogP contribution in [0, 0.1) is 5.82 Å². The number of hydrogen-bond acceptors (Lipinski definition) is 5. The summed E-state index contributed by atoms with van der Waals surface area (Å²) < 4.78 is 20.9. The van der Waals surface area contributed by atoms with Gasteiger partial charge in [0.2, 0.25) is 0 Å². The maximum Gasteiger partial charge on any atom is 0.351 e. The van der Waals surface area contributed by atoms with Crippen molar-refractivity contribution in [2.75, 3.05) is 11.9 Å². The predicted octanol–water partition coefficient (Wildman–Crippen LogP) is 2.26. The fourth-order valence-electron chi connectivity index (χ4n) is 3.06. The minimum absolute atomic E-state index is 0.160. The number of amides is 1. The van der Waals surface area contributed by atoms with Crippen LogP contribution < -0.4 is 11.0 Å². The minimum Gasteiger partial charge on any atom is -0.394 e. The highest BCUT2D eigenvalue weighted by atomic mass is 19.1. The van der Waals surface area contributed by atoms with Crippen LogP contribution in [0.5, 0.6) is 0 Å². The molecule has 1 saturated heterocycles. The maximum atomic E-state index is 14.4.